The van der Waals surface area contributed by atoms with Gasteiger partial charge in [-0.2, -0.15) is 0 Å². The first-order valence-corrected chi connectivity index (χ1v) is 3.78. The SMILES string of the molecule is CN1C(Cl)=C(N)N=C(N)C1C(=O)O. The molecule has 6 nitrogen and oxygen atoms in total. The molecule has 0 spiro atoms. The van der Waals surface area contributed by atoms with E-state index in [0.717, 1.165) is 0 Å². The van der Waals surface area contributed by atoms with Gasteiger partial charge in [0.2, 0.25) is 0 Å². The maximum absolute atomic E-state index is 10.7. The molecule has 72 valence electrons. The molecule has 1 unspecified atom stereocenters. The molecular formula is C6H9ClN4O2. The fourth-order valence-corrected chi connectivity index (χ4v) is 1.17. The average Bonchev–Trinajstić information content (AvgIpc) is 1.99. The van der Waals surface area contributed by atoms with Crippen LogP contribution in [0.1, 0.15) is 0 Å². The molecule has 0 bridgehead atoms. The van der Waals surface area contributed by atoms with E-state index in [1.165, 1.54) is 11.9 Å². The molecular weight excluding hydrogens is 196 g/mol. The Bertz CT molecular complexity index is 312. The summed E-state index contributed by atoms with van der Waals surface area (Å²) in [7, 11) is 1.48. The van der Waals surface area contributed by atoms with Gasteiger partial charge in [-0.1, -0.05) is 11.6 Å². The Kier molecular flexibility index (Phi) is 2.33. The molecule has 1 heterocycles. The van der Waals surface area contributed by atoms with Crippen molar-refractivity contribution in [3.05, 3.63) is 11.0 Å². The number of hydrogen-bond donors (Lipinski definition) is 3. The first kappa shape index (κ1) is 9.66. The molecule has 0 aliphatic carbocycles. The van der Waals surface area contributed by atoms with E-state index in [4.69, 9.17) is 28.2 Å². The second-order valence-electron chi connectivity index (χ2n) is 2.56. The predicted molar refractivity (Wildman–Crippen MR) is 47.9 cm³/mol. The molecule has 0 saturated heterocycles. The van der Waals surface area contributed by atoms with E-state index in [2.05, 4.69) is 4.99 Å². The molecule has 0 radical (unpaired) electrons. The molecule has 1 rings (SSSR count). The Morgan fingerprint density at radius 2 is 2.23 bits per heavy atom. The van der Waals surface area contributed by atoms with Crippen LogP contribution in [0.4, 0.5) is 0 Å². The van der Waals surface area contributed by atoms with Crippen molar-refractivity contribution in [1.29, 1.82) is 0 Å². The first-order chi connectivity index (χ1) is 5.95. The van der Waals surface area contributed by atoms with Crippen LogP contribution >= 0.6 is 11.6 Å². The maximum atomic E-state index is 10.7. The van der Waals surface area contributed by atoms with Crippen molar-refractivity contribution in [1.82, 2.24) is 4.90 Å². The van der Waals surface area contributed by atoms with E-state index in [0.29, 0.717) is 0 Å². The lowest BCUT2D eigenvalue weighted by Crippen LogP contribution is -2.49. The number of carboxylic acid groups (broad SMARTS) is 1. The minimum atomic E-state index is -1.12. The third-order valence-corrected chi connectivity index (χ3v) is 2.13. The number of aliphatic carboxylic acids is 1. The zero-order valence-corrected chi connectivity index (χ0v) is 7.62. The summed E-state index contributed by atoms with van der Waals surface area (Å²) in [5.74, 6) is -1.16. The lowest BCUT2D eigenvalue weighted by atomic mass is 10.2. The molecule has 1 aliphatic rings. The molecule has 0 aromatic rings. The van der Waals surface area contributed by atoms with Crippen LogP contribution in [0, 0.1) is 0 Å². The van der Waals surface area contributed by atoms with Gasteiger partial charge in [0.15, 0.2) is 11.9 Å². The summed E-state index contributed by atoms with van der Waals surface area (Å²) in [4.78, 5) is 15.6. The molecule has 7 heteroatoms. The fourth-order valence-electron chi connectivity index (χ4n) is 1.03. The first-order valence-electron chi connectivity index (χ1n) is 3.40. The van der Waals surface area contributed by atoms with Gasteiger partial charge < -0.3 is 21.5 Å². The highest BCUT2D eigenvalue weighted by Crippen LogP contribution is 2.19. The Labute approximate surface area is 79.5 Å². The second kappa shape index (κ2) is 3.14. The van der Waals surface area contributed by atoms with Gasteiger partial charge >= 0.3 is 5.97 Å². The van der Waals surface area contributed by atoms with Crippen molar-refractivity contribution in [2.45, 2.75) is 6.04 Å². The van der Waals surface area contributed by atoms with Crippen LogP contribution in [0.3, 0.4) is 0 Å². The zero-order chi connectivity index (χ0) is 10.2. The number of hydrogen-bond acceptors (Lipinski definition) is 5. The number of carbonyl (C=O) groups is 1. The van der Waals surface area contributed by atoms with Crippen LogP contribution in [-0.4, -0.2) is 34.9 Å². The molecule has 0 aromatic carbocycles. The number of carboxylic acids is 1. The van der Waals surface area contributed by atoms with E-state index in [1.807, 2.05) is 0 Å². The number of halogens is 1. The minimum Gasteiger partial charge on any atom is -0.479 e. The summed E-state index contributed by atoms with van der Waals surface area (Å²) < 4.78 is 0. The van der Waals surface area contributed by atoms with Crippen molar-refractivity contribution in [3.8, 4) is 0 Å². The number of nitrogens with two attached hydrogens (primary N) is 2. The smallest absolute Gasteiger partial charge is 0.334 e. The highest BCUT2D eigenvalue weighted by Gasteiger charge is 2.32. The van der Waals surface area contributed by atoms with E-state index in [9.17, 15) is 4.79 Å². The van der Waals surface area contributed by atoms with Gasteiger partial charge in [0, 0.05) is 7.05 Å². The zero-order valence-electron chi connectivity index (χ0n) is 6.86. The topological polar surface area (TPSA) is 105 Å². The number of likely N-dealkylation sites (N-methyl/N-ethyl adjacent to an activating group) is 1. The van der Waals surface area contributed by atoms with Gasteiger partial charge in [0.05, 0.1) is 0 Å². The lowest BCUT2D eigenvalue weighted by Gasteiger charge is -2.28. The van der Waals surface area contributed by atoms with Gasteiger partial charge in [-0.3, -0.25) is 0 Å². The van der Waals surface area contributed by atoms with Gasteiger partial charge in [-0.25, -0.2) is 9.79 Å². The molecule has 13 heavy (non-hydrogen) atoms. The van der Waals surface area contributed by atoms with E-state index in [-0.39, 0.29) is 16.8 Å². The predicted octanol–water partition coefficient (Wildman–Crippen LogP) is -0.934. The van der Waals surface area contributed by atoms with E-state index >= 15 is 0 Å². The molecule has 0 aromatic heterocycles. The van der Waals surface area contributed by atoms with Crippen molar-refractivity contribution >= 4 is 23.4 Å². The molecule has 0 fully saturated rings. The maximum Gasteiger partial charge on any atom is 0.334 e. The highest BCUT2D eigenvalue weighted by atomic mass is 35.5. The lowest BCUT2D eigenvalue weighted by molar-refractivity contribution is -0.139. The van der Waals surface area contributed by atoms with Gasteiger partial charge in [-0.05, 0) is 0 Å². The van der Waals surface area contributed by atoms with Crippen molar-refractivity contribution in [2.75, 3.05) is 7.05 Å². The quantitative estimate of drug-likeness (QED) is 0.479. The summed E-state index contributed by atoms with van der Waals surface area (Å²) in [5.41, 5.74) is 10.7. The van der Waals surface area contributed by atoms with Gasteiger partial charge in [0.25, 0.3) is 0 Å². The van der Waals surface area contributed by atoms with Gasteiger partial charge in [0.1, 0.15) is 11.0 Å². The van der Waals surface area contributed by atoms with Crippen LogP contribution in [0.25, 0.3) is 0 Å². The van der Waals surface area contributed by atoms with Crippen LogP contribution in [-0.2, 0) is 4.79 Å². The van der Waals surface area contributed by atoms with Crippen LogP contribution in [0.5, 0.6) is 0 Å². The highest BCUT2D eigenvalue weighted by molar-refractivity contribution is 6.30. The molecule has 5 N–H and O–H groups in total. The molecule has 0 saturated carbocycles. The van der Waals surface area contributed by atoms with Crippen molar-refractivity contribution in [2.24, 2.45) is 16.5 Å². The normalized spacial score (nSPS) is 23.1. The summed E-state index contributed by atoms with van der Waals surface area (Å²) >= 11 is 5.68. The molecule has 1 aliphatic heterocycles. The van der Waals surface area contributed by atoms with Crippen LogP contribution in [0.2, 0.25) is 0 Å². The van der Waals surface area contributed by atoms with Crippen molar-refractivity contribution < 1.29 is 9.90 Å². The third kappa shape index (κ3) is 1.52. The van der Waals surface area contributed by atoms with Crippen LogP contribution in [0.15, 0.2) is 16.0 Å². The summed E-state index contributed by atoms with van der Waals surface area (Å²) in [6, 6.07) is -1.04. The Hall–Kier alpha value is -1.43. The largest absolute Gasteiger partial charge is 0.479 e. The monoisotopic (exact) mass is 204 g/mol. The molecule has 1 atom stereocenters. The average molecular weight is 205 g/mol. The summed E-state index contributed by atoms with van der Waals surface area (Å²) in [6.45, 7) is 0. The Morgan fingerprint density at radius 3 is 2.69 bits per heavy atom. The van der Waals surface area contributed by atoms with Gasteiger partial charge in [-0.15, -0.1) is 0 Å². The second-order valence-corrected chi connectivity index (χ2v) is 2.92. The van der Waals surface area contributed by atoms with Crippen LogP contribution < -0.4 is 11.5 Å². The number of aliphatic imine (C=N–C) groups is 1. The molecule has 0 amide bonds. The summed E-state index contributed by atoms with van der Waals surface area (Å²) in [5, 5.41) is 8.84. The number of amidine groups is 1. The summed E-state index contributed by atoms with van der Waals surface area (Å²) in [6.07, 6.45) is 0. The third-order valence-electron chi connectivity index (χ3n) is 1.67. The van der Waals surface area contributed by atoms with Crippen molar-refractivity contribution in [3.63, 3.8) is 0 Å². The number of rotatable bonds is 1. The van der Waals surface area contributed by atoms with E-state index < -0.39 is 12.0 Å². The standard InChI is InChI=1S/C6H9ClN4O2/c1-11-2(6(12)13)4(8)10-5(9)3(11)7/h2H,9H2,1H3,(H2,8,10)(H,12,13). The fraction of sp³-hybridized carbons (Fsp3) is 0.333. The Balaban J connectivity index is 3.09. The van der Waals surface area contributed by atoms with E-state index in [1.54, 1.807) is 0 Å². The number of nitrogens with zero attached hydrogens (tertiary/aromatic N) is 2. The Morgan fingerprint density at radius 1 is 1.69 bits per heavy atom. The minimum absolute atomic E-state index is 0.0270.